The highest BCUT2D eigenvalue weighted by atomic mass is 19.4. The van der Waals surface area contributed by atoms with Crippen LogP contribution in [0.1, 0.15) is 52.4 Å². The molecule has 0 aromatic carbocycles. The molecule has 0 aliphatic heterocycles. The smallest absolute Gasteiger partial charge is 0.311 e. The van der Waals surface area contributed by atoms with E-state index in [0.717, 1.165) is 31.6 Å². The highest BCUT2D eigenvalue weighted by Gasteiger charge is 2.30. The van der Waals surface area contributed by atoms with Crippen molar-refractivity contribution >= 4 is 0 Å². The van der Waals surface area contributed by atoms with Crippen LogP contribution in [0.4, 0.5) is 13.2 Å². The molecule has 1 nitrogen and oxygen atoms in total. The van der Waals surface area contributed by atoms with Gasteiger partial charge >= 0.3 is 6.18 Å². The summed E-state index contributed by atoms with van der Waals surface area (Å²) < 4.78 is 36.5. The summed E-state index contributed by atoms with van der Waals surface area (Å²) in [5.41, 5.74) is 0. The van der Waals surface area contributed by atoms with Crippen molar-refractivity contribution in [1.29, 1.82) is 0 Å². The molecule has 0 aromatic heterocycles. The van der Waals surface area contributed by atoms with Gasteiger partial charge in [0.15, 0.2) is 0 Å². The predicted molar refractivity (Wildman–Crippen MR) is 59.3 cm³/mol. The zero-order valence-electron chi connectivity index (χ0n) is 10.1. The van der Waals surface area contributed by atoms with Crippen LogP contribution in [0.25, 0.3) is 0 Å². The van der Waals surface area contributed by atoms with Crippen LogP contribution in [0.2, 0.25) is 0 Å². The first kappa shape index (κ1) is 13.8. The average molecular weight is 237 g/mol. The molecular weight excluding hydrogens is 215 g/mol. The fourth-order valence-corrected chi connectivity index (χ4v) is 2.46. The number of halogens is 3. The monoisotopic (exact) mass is 237 g/mol. The van der Waals surface area contributed by atoms with Gasteiger partial charge < -0.3 is 5.32 Å². The Bertz CT molecular complexity index is 203. The summed E-state index contributed by atoms with van der Waals surface area (Å²) in [4.78, 5) is 0. The molecule has 1 aliphatic carbocycles. The maximum atomic E-state index is 12.2. The highest BCUT2D eigenvalue weighted by molar-refractivity contribution is 4.77. The summed E-state index contributed by atoms with van der Waals surface area (Å²) in [6.45, 7) is 3.85. The van der Waals surface area contributed by atoms with E-state index in [9.17, 15) is 13.2 Å². The van der Waals surface area contributed by atoms with Crippen molar-refractivity contribution in [3.05, 3.63) is 0 Å². The number of rotatable bonds is 3. The highest BCUT2D eigenvalue weighted by Crippen LogP contribution is 2.25. The molecule has 1 rings (SSSR count). The van der Waals surface area contributed by atoms with E-state index in [4.69, 9.17) is 0 Å². The molecule has 1 fully saturated rings. The van der Waals surface area contributed by atoms with Crippen LogP contribution in [0, 0.1) is 5.92 Å². The van der Waals surface area contributed by atoms with E-state index in [1.165, 1.54) is 6.42 Å². The van der Waals surface area contributed by atoms with Gasteiger partial charge in [0.25, 0.3) is 0 Å². The minimum atomic E-state index is -4.05. The molecule has 1 N–H and O–H groups in total. The summed E-state index contributed by atoms with van der Waals surface area (Å²) in [5.74, 6) is 0.727. The van der Waals surface area contributed by atoms with Gasteiger partial charge in [-0.1, -0.05) is 19.8 Å². The lowest BCUT2D eigenvalue weighted by atomic mass is 10.0. The molecule has 1 aliphatic rings. The normalized spacial score (nSPS) is 29.8. The number of hydrogen-bond acceptors (Lipinski definition) is 1. The summed E-state index contributed by atoms with van der Waals surface area (Å²) >= 11 is 0. The molecule has 1 saturated carbocycles. The van der Waals surface area contributed by atoms with E-state index in [-0.39, 0.29) is 6.04 Å². The van der Waals surface area contributed by atoms with Crippen LogP contribution >= 0.6 is 0 Å². The van der Waals surface area contributed by atoms with Crippen molar-refractivity contribution in [2.75, 3.05) is 0 Å². The van der Waals surface area contributed by atoms with Crippen LogP contribution in [0.15, 0.2) is 0 Å². The molecule has 3 atom stereocenters. The topological polar surface area (TPSA) is 12.0 Å². The fourth-order valence-electron chi connectivity index (χ4n) is 2.46. The molecule has 0 aromatic rings. The first-order chi connectivity index (χ1) is 7.37. The average Bonchev–Trinajstić information content (AvgIpc) is 2.27. The van der Waals surface area contributed by atoms with Crippen molar-refractivity contribution < 1.29 is 13.2 Å². The zero-order chi connectivity index (χ0) is 12.2. The molecule has 0 heterocycles. The van der Waals surface area contributed by atoms with Crippen molar-refractivity contribution in [2.45, 2.75) is 70.6 Å². The maximum absolute atomic E-state index is 12.2. The number of hydrogen-bond donors (Lipinski definition) is 1. The Morgan fingerprint density at radius 1 is 1.19 bits per heavy atom. The van der Waals surface area contributed by atoms with Crippen LogP contribution in [-0.4, -0.2) is 18.3 Å². The van der Waals surface area contributed by atoms with Gasteiger partial charge in [-0.3, -0.25) is 0 Å². The first-order valence-electron chi connectivity index (χ1n) is 6.19. The van der Waals surface area contributed by atoms with Gasteiger partial charge in [0, 0.05) is 12.1 Å². The molecular formula is C12H22F3N. The van der Waals surface area contributed by atoms with E-state index >= 15 is 0 Å². The van der Waals surface area contributed by atoms with E-state index in [0.29, 0.717) is 0 Å². The Morgan fingerprint density at radius 3 is 2.50 bits per heavy atom. The van der Waals surface area contributed by atoms with E-state index in [1.807, 2.05) is 0 Å². The van der Waals surface area contributed by atoms with E-state index in [2.05, 4.69) is 12.2 Å². The lowest BCUT2D eigenvalue weighted by Gasteiger charge is -2.23. The molecule has 0 saturated heterocycles. The SMILES string of the molecule is CC1CCCC(NC(C)CC(F)(F)F)CC1. The summed E-state index contributed by atoms with van der Waals surface area (Å²) in [6.07, 6.45) is 0.749. The van der Waals surface area contributed by atoms with Gasteiger partial charge in [-0.25, -0.2) is 0 Å². The maximum Gasteiger partial charge on any atom is 0.390 e. The van der Waals surface area contributed by atoms with Crippen molar-refractivity contribution in [3.8, 4) is 0 Å². The van der Waals surface area contributed by atoms with E-state index < -0.39 is 18.6 Å². The van der Waals surface area contributed by atoms with Gasteiger partial charge in [0.1, 0.15) is 0 Å². The molecule has 3 unspecified atom stereocenters. The van der Waals surface area contributed by atoms with Crippen LogP contribution in [0.3, 0.4) is 0 Å². The third-order valence-electron chi connectivity index (χ3n) is 3.32. The minimum absolute atomic E-state index is 0.280. The fraction of sp³-hybridized carbons (Fsp3) is 1.00. The Labute approximate surface area is 95.8 Å². The lowest BCUT2D eigenvalue weighted by molar-refractivity contribution is -0.139. The van der Waals surface area contributed by atoms with Gasteiger partial charge in [-0.15, -0.1) is 0 Å². The molecule has 0 spiro atoms. The van der Waals surface area contributed by atoms with Crippen molar-refractivity contribution in [2.24, 2.45) is 5.92 Å². The van der Waals surface area contributed by atoms with Crippen molar-refractivity contribution in [1.82, 2.24) is 5.32 Å². The Kier molecular flexibility index (Phi) is 5.09. The van der Waals surface area contributed by atoms with Gasteiger partial charge in [0.05, 0.1) is 6.42 Å². The van der Waals surface area contributed by atoms with E-state index in [1.54, 1.807) is 6.92 Å². The molecule has 0 amide bonds. The number of alkyl halides is 3. The molecule has 96 valence electrons. The first-order valence-corrected chi connectivity index (χ1v) is 6.19. The molecule has 0 radical (unpaired) electrons. The quantitative estimate of drug-likeness (QED) is 0.734. The minimum Gasteiger partial charge on any atom is -0.311 e. The third-order valence-corrected chi connectivity index (χ3v) is 3.32. The molecule has 0 bridgehead atoms. The predicted octanol–water partition coefficient (Wildman–Crippen LogP) is 3.89. The molecule has 4 heteroatoms. The molecule has 16 heavy (non-hydrogen) atoms. The second-order valence-electron chi connectivity index (χ2n) is 5.20. The van der Waals surface area contributed by atoms with Crippen LogP contribution in [0.5, 0.6) is 0 Å². The van der Waals surface area contributed by atoms with Crippen LogP contribution in [-0.2, 0) is 0 Å². The Hall–Kier alpha value is -0.250. The van der Waals surface area contributed by atoms with Gasteiger partial charge in [-0.05, 0) is 32.1 Å². The standard InChI is InChI=1S/C12H22F3N/c1-9-4-3-5-11(7-6-9)16-10(2)8-12(13,14)15/h9-11,16H,3-8H2,1-2H3. The largest absolute Gasteiger partial charge is 0.390 e. The Morgan fingerprint density at radius 2 is 1.88 bits per heavy atom. The second-order valence-corrected chi connectivity index (χ2v) is 5.20. The second kappa shape index (κ2) is 5.89. The zero-order valence-corrected chi connectivity index (χ0v) is 10.1. The summed E-state index contributed by atoms with van der Waals surface area (Å²) in [6, 6.07) is -0.180. The lowest BCUT2D eigenvalue weighted by Crippen LogP contribution is -2.38. The van der Waals surface area contributed by atoms with Gasteiger partial charge in [-0.2, -0.15) is 13.2 Å². The van der Waals surface area contributed by atoms with Gasteiger partial charge in [0.2, 0.25) is 0 Å². The van der Waals surface area contributed by atoms with Crippen LogP contribution < -0.4 is 5.32 Å². The number of nitrogens with one attached hydrogen (secondary N) is 1. The Balaban J connectivity index is 2.30. The third kappa shape index (κ3) is 5.73. The summed E-state index contributed by atoms with van der Waals surface area (Å²) in [5, 5.41) is 3.12. The van der Waals surface area contributed by atoms with Crippen molar-refractivity contribution in [3.63, 3.8) is 0 Å². The summed E-state index contributed by atoms with van der Waals surface area (Å²) in [7, 11) is 0.